The van der Waals surface area contributed by atoms with Crippen LogP contribution in [0.3, 0.4) is 0 Å². The number of benzene rings is 3. The highest BCUT2D eigenvalue weighted by Gasteiger charge is 2.21. The molecule has 3 aromatic rings. The normalized spacial score (nSPS) is 16.4. The van der Waals surface area contributed by atoms with Crippen molar-refractivity contribution in [2.24, 2.45) is 4.99 Å². The van der Waals surface area contributed by atoms with E-state index in [1.165, 1.54) is 23.8 Å². The van der Waals surface area contributed by atoms with E-state index in [-0.39, 0.29) is 11.6 Å². The van der Waals surface area contributed by atoms with Gasteiger partial charge in [0.1, 0.15) is 11.6 Å². The van der Waals surface area contributed by atoms with Crippen LogP contribution in [-0.2, 0) is 6.42 Å². The molecule has 0 fully saturated rings. The number of aliphatic imine (C=N–C) groups is 1. The largest absolute Gasteiger partial charge is 0.248 e. The minimum absolute atomic E-state index is 0.221. The monoisotopic (exact) mass is 391 g/mol. The lowest BCUT2D eigenvalue weighted by Crippen LogP contribution is -2.15. The summed E-state index contributed by atoms with van der Waals surface area (Å²) in [7, 11) is 0. The summed E-state index contributed by atoms with van der Waals surface area (Å²) in [5.74, 6) is -0.464. The second-order valence-corrected chi connectivity index (χ2v) is 7.76. The van der Waals surface area contributed by atoms with E-state index in [4.69, 9.17) is 4.99 Å². The molecule has 0 atom stereocenters. The van der Waals surface area contributed by atoms with Crippen LogP contribution in [0.1, 0.15) is 23.1 Å². The standard InChI is InChI=1S/C24H19F2NS/c1-16-2-9-21(10-3-16)27-24-18(15-28-22-11-6-19(25)7-12-22)5-4-17-14-20(26)8-13-23(17)24/h2-3,6-15H,4-5H2,1H3. The second-order valence-electron chi connectivity index (χ2n) is 6.81. The van der Waals surface area contributed by atoms with Gasteiger partial charge in [0.05, 0.1) is 11.4 Å². The first kappa shape index (κ1) is 18.6. The Kier molecular flexibility index (Phi) is 5.40. The van der Waals surface area contributed by atoms with Gasteiger partial charge in [0.15, 0.2) is 0 Å². The zero-order valence-electron chi connectivity index (χ0n) is 15.5. The number of fused-ring (bicyclic) bond motifs is 1. The summed E-state index contributed by atoms with van der Waals surface area (Å²) in [5.41, 5.74) is 5.98. The van der Waals surface area contributed by atoms with Crippen molar-refractivity contribution >= 4 is 23.2 Å². The molecule has 3 aromatic carbocycles. The predicted octanol–water partition coefficient (Wildman–Crippen LogP) is 7.02. The number of allylic oxidation sites excluding steroid dienone is 1. The summed E-state index contributed by atoms with van der Waals surface area (Å²) in [6.07, 6.45) is 1.56. The van der Waals surface area contributed by atoms with Crippen molar-refractivity contribution in [1.82, 2.24) is 0 Å². The van der Waals surface area contributed by atoms with Gasteiger partial charge in [-0.2, -0.15) is 0 Å². The fourth-order valence-electron chi connectivity index (χ4n) is 3.21. The minimum Gasteiger partial charge on any atom is -0.248 e. The van der Waals surface area contributed by atoms with Crippen molar-refractivity contribution in [3.63, 3.8) is 0 Å². The number of thioether (sulfide) groups is 1. The first-order valence-electron chi connectivity index (χ1n) is 9.14. The maximum Gasteiger partial charge on any atom is 0.123 e. The maximum absolute atomic E-state index is 13.7. The van der Waals surface area contributed by atoms with E-state index in [1.807, 2.05) is 37.3 Å². The molecule has 1 aliphatic rings. The lowest BCUT2D eigenvalue weighted by Gasteiger charge is -2.21. The van der Waals surface area contributed by atoms with E-state index in [0.717, 1.165) is 45.8 Å². The van der Waals surface area contributed by atoms with Crippen LogP contribution in [0.25, 0.3) is 0 Å². The van der Waals surface area contributed by atoms with Crippen LogP contribution in [0.4, 0.5) is 14.5 Å². The van der Waals surface area contributed by atoms with Gasteiger partial charge >= 0.3 is 0 Å². The molecule has 0 aliphatic heterocycles. The van der Waals surface area contributed by atoms with Gasteiger partial charge in [-0.25, -0.2) is 13.8 Å². The Morgan fingerprint density at radius 2 is 1.57 bits per heavy atom. The summed E-state index contributed by atoms with van der Waals surface area (Å²) in [4.78, 5) is 5.86. The number of rotatable bonds is 3. The highest BCUT2D eigenvalue weighted by molar-refractivity contribution is 8.02. The molecule has 0 aromatic heterocycles. The Labute approximate surface area is 167 Å². The van der Waals surface area contributed by atoms with E-state index in [0.29, 0.717) is 0 Å². The van der Waals surface area contributed by atoms with Crippen molar-refractivity contribution in [1.29, 1.82) is 0 Å². The van der Waals surface area contributed by atoms with Crippen molar-refractivity contribution in [3.8, 4) is 0 Å². The smallest absolute Gasteiger partial charge is 0.123 e. The van der Waals surface area contributed by atoms with Crippen LogP contribution in [-0.4, -0.2) is 5.71 Å². The van der Waals surface area contributed by atoms with Gasteiger partial charge in [0.2, 0.25) is 0 Å². The molecule has 0 heterocycles. The van der Waals surface area contributed by atoms with Gasteiger partial charge in [0, 0.05) is 10.5 Å². The second kappa shape index (κ2) is 8.11. The zero-order valence-corrected chi connectivity index (χ0v) is 16.3. The molecule has 0 radical (unpaired) electrons. The van der Waals surface area contributed by atoms with Gasteiger partial charge in [-0.1, -0.05) is 29.5 Å². The average Bonchev–Trinajstić information content (AvgIpc) is 2.70. The van der Waals surface area contributed by atoms with Crippen molar-refractivity contribution < 1.29 is 8.78 Å². The Morgan fingerprint density at radius 1 is 0.857 bits per heavy atom. The molecule has 1 aliphatic carbocycles. The summed E-state index contributed by atoms with van der Waals surface area (Å²) < 4.78 is 26.8. The van der Waals surface area contributed by atoms with Gasteiger partial charge in [-0.15, -0.1) is 0 Å². The Bertz CT molecular complexity index is 1050. The fraction of sp³-hybridized carbons (Fsp3) is 0.125. The average molecular weight is 391 g/mol. The quantitative estimate of drug-likeness (QED) is 0.437. The van der Waals surface area contributed by atoms with Crippen molar-refractivity contribution in [2.45, 2.75) is 24.7 Å². The highest BCUT2D eigenvalue weighted by atomic mass is 32.2. The van der Waals surface area contributed by atoms with Crippen molar-refractivity contribution in [2.75, 3.05) is 0 Å². The van der Waals surface area contributed by atoms with E-state index < -0.39 is 0 Å². The minimum atomic E-state index is -0.243. The number of hydrogen-bond donors (Lipinski definition) is 0. The number of halogens is 2. The summed E-state index contributed by atoms with van der Waals surface area (Å²) in [6, 6.07) is 19.4. The molecular weight excluding hydrogens is 372 g/mol. The molecule has 0 amide bonds. The lowest BCUT2D eigenvalue weighted by atomic mass is 9.87. The zero-order chi connectivity index (χ0) is 19.5. The maximum atomic E-state index is 13.7. The highest BCUT2D eigenvalue weighted by Crippen LogP contribution is 2.32. The summed E-state index contributed by atoms with van der Waals surface area (Å²) >= 11 is 1.55. The van der Waals surface area contributed by atoms with Crippen LogP contribution >= 0.6 is 11.8 Å². The molecular formula is C24H19F2NS. The summed E-state index contributed by atoms with van der Waals surface area (Å²) in [6.45, 7) is 2.04. The van der Waals surface area contributed by atoms with Crippen LogP contribution in [0.2, 0.25) is 0 Å². The SMILES string of the molecule is Cc1ccc(N=C2C(=CSc3ccc(F)cc3)CCc3cc(F)ccc32)cc1. The molecule has 0 unspecified atom stereocenters. The Morgan fingerprint density at radius 3 is 2.32 bits per heavy atom. The Hall–Kier alpha value is -2.72. The van der Waals surface area contributed by atoms with Crippen LogP contribution < -0.4 is 0 Å². The van der Waals surface area contributed by atoms with Crippen LogP contribution in [0.5, 0.6) is 0 Å². The van der Waals surface area contributed by atoms with Gasteiger partial charge in [-0.05, 0) is 90.9 Å². The summed E-state index contributed by atoms with van der Waals surface area (Å²) in [5, 5.41) is 2.08. The molecule has 1 nitrogen and oxygen atoms in total. The third-order valence-corrected chi connectivity index (χ3v) is 5.66. The van der Waals surface area contributed by atoms with E-state index in [2.05, 4.69) is 5.41 Å². The third-order valence-electron chi connectivity index (χ3n) is 4.72. The topological polar surface area (TPSA) is 12.4 Å². The third kappa shape index (κ3) is 4.23. The van der Waals surface area contributed by atoms with E-state index in [9.17, 15) is 8.78 Å². The molecule has 4 heteroatoms. The molecule has 4 rings (SSSR count). The number of nitrogens with zero attached hydrogens (tertiary/aromatic N) is 1. The molecule has 0 saturated heterocycles. The number of hydrogen-bond acceptors (Lipinski definition) is 2. The molecule has 0 bridgehead atoms. The fourth-order valence-corrected chi connectivity index (χ4v) is 4.01. The van der Waals surface area contributed by atoms with Crippen LogP contribution in [0.15, 0.2) is 87.6 Å². The van der Waals surface area contributed by atoms with Crippen LogP contribution in [0, 0.1) is 18.6 Å². The molecule has 0 spiro atoms. The lowest BCUT2D eigenvalue weighted by molar-refractivity contribution is 0.624. The van der Waals surface area contributed by atoms with Gasteiger partial charge in [0.25, 0.3) is 0 Å². The van der Waals surface area contributed by atoms with Crippen molar-refractivity contribution in [3.05, 3.63) is 106 Å². The number of aryl methyl sites for hydroxylation is 2. The molecule has 0 saturated carbocycles. The first-order chi connectivity index (χ1) is 13.6. The first-order valence-corrected chi connectivity index (χ1v) is 10.0. The van der Waals surface area contributed by atoms with E-state index in [1.54, 1.807) is 30.0 Å². The Balaban J connectivity index is 1.73. The van der Waals surface area contributed by atoms with E-state index >= 15 is 0 Å². The predicted molar refractivity (Wildman–Crippen MR) is 112 cm³/mol. The molecule has 140 valence electrons. The molecule has 28 heavy (non-hydrogen) atoms. The van der Waals surface area contributed by atoms with Gasteiger partial charge < -0.3 is 0 Å². The van der Waals surface area contributed by atoms with Gasteiger partial charge in [-0.3, -0.25) is 0 Å². The molecule has 0 N–H and O–H groups in total.